The van der Waals surface area contributed by atoms with Crippen molar-refractivity contribution in [2.45, 2.75) is 39.3 Å². The molecule has 2 N–H and O–H groups in total. The molecule has 0 aliphatic heterocycles. The molecule has 0 radical (unpaired) electrons. The zero-order chi connectivity index (χ0) is 12.1. The van der Waals surface area contributed by atoms with Crippen LogP contribution >= 0.6 is 0 Å². The Morgan fingerprint density at radius 1 is 1.50 bits per heavy atom. The van der Waals surface area contributed by atoms with E-state index >= 15 is 0 Å². The molecule has 1 aromatic heterocycles. The average Bonchev–Trinajstić information content (AvgIpc) is 2.21. The van der Waals surface area contributed by atoms with Gasteiger partial charge in [0.25, 0.3) is 0 Å². The van der Waals surface area contributed by atoms with Crippen LogP contribution in [0.5, 0.6) is 5.75 Å². The maximum absolute atomic E-state index is 8.70. The first-order valence-corrected chi connectivity index (χ1v) is 5.31. The number of aromatic nitrogens is 1. The summed E-state index contributed by atoms with van der Waals surface area (Å²) in [5, 5.41) is 8.70. The minimum atomic E-state index is -0.476. The zero-order valence-electron chi connectivity index (χ0n) is 9.90. The van der Waals surface area contributed by atoms with Gasteiger partial charge in [-0.2, -0.15) is 5.26 Å². The molecule has 86 valence electrons. The van der Waals surface area contributed by atoms with Gasteiger partial charge in [-0.05, 0) is 32.9 Å². The van der Waals surface area contributed by atoms with Crippen LogP contribution in [0.3, 0.4) is 0 Å². The van der Waals surface area contributed by atoms with Crippen molar-refractivity contribution in [3.05, 3.63) is 23.5 Å². The molecule has 0 aromatic carbocycles. The first-order valence-electron chi connectivity index (χ1n) is 5.31. The molecule has 0 aliphatic carbocycles. The van der Waals surface area contributed by atoms with Gasteiger partial charge in [-0.15, -0.1) is 0 Å². The molecule has 4 heteroatoms. The standard InChI is InChI=1S/C12H17N3O/c1-8(14)6-11-12(16-10(3)7-13)5-4-9(2)15-11/h4-5,8,10H,6,14H2,1-3H3. The third-order valence-corrected chi connectivity index (χ3v) is 2.07. The molecule has 2 atom stereocenters. The molecular formula is C12H17N3O. The van der Waals surface area contributed by atoms with Gasteiger partial charge < -0.3 is 10.5 Å². The van der Waals surface area contributed by atoms with E-state index in [1.54, 1.807) is 6.92 Å². The Morgan fingerprint density at radius 3 is 2.75 bits per heavy atom. The van der Waals surface area contributed by atoms with Gasteiger partial charge in [0.15, 0.2) is 6.10 Å². The normalized spacial score (nSPS) is 13.9. The number of nitrogens with zero attached hydrogens (tertiary/aromatic N) is 2. The van der Waals surface area contributed by atoms with E-state index in [1.165, 1.54) is 0 Å². The van der Waals surface area contributed by atoms with Gasteiger partial charge in [0, 0.05) is 18.2 Å². The van der Waals surface area contributed by atoms with Crippen molar-refractivity contribution < 1.29 is 4.74 Å². The summed E-state index contributed by atoms with van der Waals surface area (Å²) < 4.78 is 5.47. The van der Waals surface area contributed by atoms with Crippen molar-refractivity contribution in [1.29, 1.82) is 5.26 Å². The number of nitriles is 1. The van der Waals surface area contributed by atoms with Gasteiger partial charge in [-0.1, -0.05) is 0 Å². The Labute approximate surface area is 96.1 Å². The fraction of sp³-hybridized carbons (Fsp3) is 0.500. The molecule has 0 spiro atoms. The highest BCUT2D eigenvalue weighted by Gasteiger charge is 2.10. The Bertz CT molecular complexity index is 396. The van der Waals surface area contributed by atoms with Gasteiger partial charge in [-0.25, -0.2) is 0 Å². The van der Waals surface area contributed by atoms with Gasteiger partial charge in [0.05, 0.1) is 5.69 Å². The predicted molar refractivity (Wildman–Crippen MR) is 62.0 cm³/mol. The van der Waals surface area contributed by atoms with Gasteiger partial charge in [0.2, 0.25) is 0 Å². The summed E-state index contributed by atoms with van der Waals surface area (Å²) in [6, 6.07) is 5.76. The Kier molecular flexibility index (Phi) is 4.27. The Morgan fingerprint density at radius 2 is 2.19 bits per heavy atom. The third-order valence-electron chi connectivity index (χ3n) is 2.07. The van der Waals surface area contributed by atoms with Crippen LogP contribution in [0.25, 0.3) is 0 Å². The lowest BCUT2D eigenvalue weighted by atomic mass is 10.1. The molecule has 4 nitrogen and oxygen atoms in total. The fourth-order valence-electron chi connectivity index (χ4n) is 1.37. The van der Waals surface area contributed by atoms with E-state index in [2.05, 4.69) is 4.98 Å². The average molecular weight is 219 g/mol. The molecule has 1 heterocycles. The monoisotopic (exact) mass is 219 g/mol. The lowest BCUT2D eigenvalue weighted by Gasteiger charge is -2.13. The van der Waals surface area contributed by atoms with E-state index in [-0.39, 0.29) is 6.04 Å². The van der Waals surface area contributed by atoms with Crippen LogP contribution in [0, 0.1) is 18.3 Å². The van der Waals surface area contributed by atoms with E-state index in [1.807, 2.05) is 32.0 Å². The molecule has 0 amide bonds. The van der Waals surface area contributed by atoms with E-state index < -0.39 is 6.10 Å². The van der Waals surface area contributed by atoms with Crippen molar-refractivity contribution in [1.82, 2.24) is 4.98 Å². The second-order valence-electron chi connectivity index (χ2n) is 3.97. The first-order chi connectivity index (χ1) is 7.52. The highest BCUT2D eigenvalue weighted by molar-refractivity contribution is 5.30. The quantitative estimate of drug-likeness (QED) is 0.834. The SMILES string of the molecule is Cc1ccc(OC(C)C#N)c(CC(C)N)n1. The van der Waals surface area contributed by atoms with Crippen LogP contribution in [-0.4, -0.2) is 17.1 Å². The van der Waals surface area contributed by atoms with E-state index in [0.717, 1.165) is 11.4 Å². The molecular weight excluding hydrogens is 202 g/mol. The number of hydrogen-bond acceptors (Lipinski definition) is 4. The summed E-state index contributed by atoms with van der Waals surface area (Å²) in [7, 11) is 0. The molecule has 2 unspecified atom stereocenters. The van der Waals surface area contributed by atoms with E-state index in [0.29, 0.717) is 12.2 Å². The van der Waals surface area contributed by atoms with E-state index in [4.69, 9.17) is 15.7 Å². The largest absolute Gasteiger partial charge is 0.474 e. The van der Waals surface area contributed by atoms with Crippen molar-refractivity contribution in [2.75, 3.05) is 0 Å². The molecule has 1 aromatic rings. The summed E-state index contributed by atoms with van der Waals surface area (Å²) >= 11 is 0. The second kappa shape index (κ2) is 5.47. The molecule has 0 aliphatic rings. The highest BCUT2D eigenvalue weighted by Crippen LogP contribution is 2.19. The van der Waals surface area contributed by atoms with Crippen LogP contribution in [0.4, 0.5) is 0 Å². The van der Waals surface area contributed by atoms with Crippen LogP contribution in [0.1, 0.15) is 25.2 Å². The number of ether oxygens (including phenoxy) is 1. The maximum Gasteiger partial charge on any atom is 0.181 e. The van der Waals surface area contributed by atoms with Crippen LogP contribution in [0.15, 0.2) is 12.1 Å². The molecule has 16 heavy (non-hydrogen) atoms. The van der Waals surface area contributed by atoms with Crippen molar-refractivity contribution in [3.8, 4) is 11.8 Å². The lowest BCUT2D eigenvalue weighted by Crippen LogP contribution is -2.20. The molecule has 0 saturated carbocycles. The smallest absolute Gasteiger partial charge is 0.181 e. The molecule has 1 rings (SSSR count). The van der Waals surface area contributed by atoms with Gasteiger partial charge in [-0.3, -0.25) is 4.98 Å². The second-order valence-corrected chi connectivity index (χ2v) is 3.97. The fourth-order valence-corrected chi connectivity index (χ4v) is 1.37. The molecule has 0 bridgehead atoms. The van der Waals surface area contributed by atoms with Crippen LogP contribution in [0.2, 0.25) is 0 Å². The number of hydrogen-bond donors (Lipinski definition) is 1. The van der Waals surface area contributed by atoms with Crippen molar-refractivity contribution >= 4 is 0 Å². The lowest BCUT2D eigenvalue weighted by molar-refractivity contribution is 0.271. The summed E-state index contributed by atoms with van der Waals surface area (Å²) in [4.78, 5) is 4.39. The number of rotatable bonds is 4. The first kappa shape index (κ1) is 12.5. The Hall–Kier alpha value is -1.60. The number of nitrogens with two attached hydrogens (primary N) is 1. The molecule has 0 fully saturated rings. The van der Waals surface area contributed by atoms with Crippen LogP contribution in [-0.2, 0) is 6.42 Å². The van der Waals surface area contributed by atoms with E-state index in [9.17, 15) is 0 Å². The summed E-state index contributed by atoms with van der Waals surface area (Å²) in [5.41, 5.74) is 7.49. The predicted octanol–water partition coefficient (Wildman–Crippen LogP) is 1.57. The molecule has 0 saturated heterocycles. The Balaban J connectivity index is 2.94. The minimum Gasteiger partial charge on any atom is -0.474 e. The number of aryl methyl sites for hydroxylation is 1. The summed E-state index contributed by atoms with van der Waals surface area (Å²) in [5.74, 6) is 0.650. The van der Waals surface area contributed by atoms with Crippen molar-refractivity contribution in [3.63, 3.8) is 0 Å². The maximum atomic E-state index is 8.70. The topological polar surface area (TPSA) is 71.9 Å². The van der Waals surface area contributed by atoms with Gasteiger partial charge in [0.1, 0.15) is 11.8 Å². The highest BCUT2D eigenvalue weighted by atomic mass is 16.5. The zero-order valence-corrected chi connectivity index (χ0v) is 9.90. The van der Waals surface area contributed by atoms with Crippen molar-refractivity contribution in [2.24, 2.45) is 5.73 Å². The minimum absolute atomic E-state index is 0.0223. The summed E-state index contributed by atoms with van der Waals surface area (Å²) in [6.07, 6.45) is 0.172. The summed E-state index contributed by atoms with van der Waals surface area (Å²) in [6.45, 7) is 5.54. The number of pyridine rings is 1. The van der Waals surface area contributed by atoms with Gasteiger partial charge >= 0.3 is 0 Å². The third kappa shape index (κ3) is 3.52. The van der Waals surface area contributed by atoms with Crippen LogP contribution < -0.4 is 10.5 Å².